The number of rotatable bonds is 4. The molecule has 5 rings (SSSR count). The SMILES string of the molecule is Cc1cc(F)ccc1[C@H]1C[C@H](N2CCN3C(=O)CC[C@@H]3C2)CCN1C(=O)N(C)[C@H](C)c1cc(C(F)(F)F)cc(C(F)(F)F)c1.Cl. The average molecular weight is 665 g/mol. The van der Waals surface area contributed by atoms with Crippen molar-refractivity contribution in [3.63, 3.8) is 0 Å². The highest BCUT2D eigenvalue weighted by atomic mass is 35.5. The van der Waals surface area contributed by atoms with Gasteiger partial charge in [-0.2, -0.15) is 26.3 Å². The first-order chi connectivity index (χ1) is 20.5. The molecule has 0 spiro atoms. The van der Waals surface area contributed by atoms with E-state index in [1.165, 1.54) is 26.1 Å². The predicted molar refractivity (Wildman–Crippen MR) is 155 cm³/mol. The van der Waals surface area contributed by atoms with Gasteiger partial charge in [0.05, 0.1) is 23.2 Å². The van der Waals surface area contributed by atoms with Crippen LogP contribution < -0.4 is 0 Å². The number of likely N-dealkylation sites (tertiary alicyclic amines) is 1. The van der Waals surface area contributed by atoms with Gasteiger partial charge in [0.15, 0.2) is 0 Å². The van der Waals surface area contributed by atoms with Crippen LogP contribution in [0, 0.1) is 12.7 Å². The zero-order valence-corrected chi connectivity index (χ0v) is 25.9. The quantitative estimate of drug-likeness (QED) is 0.325. The van der Waals surface area contributed by atoms with Gasteiger partial charge < -0.3 is 14.7 Å². The van der Waals surface area contributed by atoms with E-state index in [-0.39, 0.29) is 48.6 Å². The number of hydrogen-bond acceptors (Lipinski definition) is 3. The number of piperidine rings is 1. The first kappa shape index (κ1) is 34.8. The van der Waals surface area contributed by atoms with E-state index in [9.17, 15) is 40.3 Å². The molecule has 3 aliphatic rings. The van der Waals surface area contributed by atoms with Crippen molar-refractivity contribution in [1.82, 2.24) is 19.6 Å². The monoisotopic (exact) mass is 664 g/mol. The van der Waals surface area contributed by atoms with Crippen molar-refractivity contribution in [3.8, 4) is 0 Å². The summed E-state index contributed by atoms with van der Waals surface area (Å²) in [6.07, 6.45) is -7.60. The summed E-state index contributed by atoms with van der Waals surface area (Å²) >= 11 is 0. The zero-order chi connectivity index (χ0) is 32.1. The Labute approximate surface area is 263 Å². The minimum Gasteiger partial charge on any atom is -0.337 e. The fraction of sp³-hybridized carbons (Fsp3) is 0.548. The Kier molecular flexibility index (Phi) is 10.0. The Morgan fingerprint density at radius 2 is 1.58 bits per heavy atom. The standard InChI is InChI=1S/C31H35F7N4O2.ClH/c1-18-12-23(32)4-6-26(18)27-16-24(40-10-11-41-25(17-40)5-7-28(41)43)8-9-42(27)29(44)39(3)19(2)20-13-21(30(33,34)35)15-22(14-20)31(36,37)38;/h4,6,12-15,19,24-25,27H,5,7-11,16-17H2,1-3H3;1H/t19-,24-,25-,27-;/m1./s1. The van der Waals surface area contributed by atoms with Crippen LogP contribution in [0.3, 0.4) is 0 Å². The number of alkyl halides is 6. The summed E-state index contributed by atoms with van der Waals surface area (Å²) in [4.78, 5) is 33.2. The van der Waals surface area contributed by atoms with Crippen molar-refractivity contribution in [2.24, 2.45) is 0 Å². The van der Waals surface area contributed by atoms with Gasteiger partial charge in [-0.15, -0.1) is 12.4 Å². The second-order valence-electron chi connectivity index (χ2n) is 12.1. The summed E-state index contributed by atoms with van der Waals surface area (Å²) in [5.74, 6) is -0.274. The molecule has 0 N–H and O–H groups in total. The van der Waals surface area contributed by atoms with E-state index in [0.29, 0.717) is 56.6 Å². The predicted octanol–water partition coefficient (Wildman–Crippen LogP) is 7.22. The molecule has 0 unspecified atom stereocenters. The molecular weight excluding hydrogens is 629 g/mol. The fourth-order valence-corrected chi connectivity index (χ4v) is 6.85. The highest BCUT2D eigenvalue weighted by Crippen LogP contribution is 2.40. The van der Waals surface area contributed by atoms with Crippen LogP contribution in [0.25, 0.3) is 0 Å². The minimum absolute atomic E-state index is 0. The van der Waals surface area contributed by atoms with Crippen molar-refractivity contribution < 1.29 is 40.3 Å². The van der Waals surface area contributed by atoms with Crippen LogP contribution in [0.5, 0.6) is 0 Å². The molecule has 0 bridgehead atoms. The molecule has 2 aromatic rings. The number of nitrogens with zero attached hydrogens (tertiary/aromatic N) is 4. The van der Waals surface area contributed by atoms with Gasteiger partial charge in [-0.05, 0) is 80.1 Å². The largest absolute Gasteiger partial charge is 0.416 e. The van der Waals surface area contributed by atoms with Crippen LogP contribution in [-0.2, 0) is 17.1 Å². The third-order valence-electron chi connectivity index (χ3n) is 9.43. The molecule has 0 aromatic heterocycles. The van der Waals surface area contributed by atoms with Gasteiger partial charge in [0.1, 0.15) is 5.82 Å². The summed E-state index contributed by atoms with van der Waals surface area (Å²) in [5.41, 5.74) is -1.84. The van der Waals surface area contributed by atoms with Crippen LogP contribution in [0.4, 0.5) is 35.5 Å². The van der Waals surface area contributed by atoms with Crippen LogP contribution >= 0.6 is 12.4 Å². The molecule has 4 atom stereocenters. The van der Waals surface area contributed by atoms with E-state index >= 15 is 0 Å². The molecule has 14 heteroatoms. The normalized spacial score (nSPS) is 23.4. The lowest BCUT2D eigenvalue weighted by molar-refractivity contribution is -0.143. The van der Waals surface area contributed by atoms with Gasteiger partial charge in [-0.3, -0.25) is 9.69 Å². The maximum Gasteiger partial charge on any atom is 0.416 e. The van der Waals surface area contributed by atoms with Gasteiger partial charge in [0.25, 0.3) is 0 Å². The molecule has 3 fully saturated rings. The number of piperazine rings is 1. The Morgan fingerprint density at radius 1 is 0.933 bits per heavy atom. The second-order valence-corrected chi connectivity index (χ2v) is 12.1. The number of aryl methyl sites for hydroxylation is 1. The molecule has 3 amide bonds. The number of urea groups is 1. The highest BCUT2D eigenvalue weighted by Gasteiger charge is 2.43. The molecule has 45 heavy (non-hydrogen) atoms. The molecule has 0 aliphatic carbocycles. The number of amides is 3. The molecule has 248 valence electrons. The van der Waals surface area contributed by atoms with Crippen molar-refractivity contribution in [2.45, 2.75) is 76.1 Å². The molecule has 0 radical (unpaired) electrons. The third-order valence-corrected chi connectivity index (χ3v) is 9.43. The molecule has 6 nitrogen and oxygen atoms in total. The smallest absolute Gasteiger partial charge is 0.337 e. The van der Waals surface area contributed by atoms with Crippen molar-refractivity contribution in [2.75, 3.05) is 33.2 Å². The molecule has 3 heterocycles. The Balaban J connectivity index is 0.00000461. The number of benzene rings is 2. The van der Waals surface area contributed by atoms with Gasteiger partial charge in [-0.25, -0.2) is 9.18 Å². The molecule has 3 aliphatic heterocycles. The van der Waals surface area contributed by atoms with Crippen molar-refractivity contribution in [3.05, 3.63) is 70.0 Å². The lowest BCUT2D eigenvalue weighted by atomic mass is 9.88. The van der Waals surface area contributed by atoms with Gasteiger partial charge in [0, 0.05) is 51.7 Å². The van der Waals surface area contributed by atoms with E-state index in [0.717, 1.165) is 16.9 Å². The molecule has 3 saturated heterocycles. The summed E-state index contributed by atoms with van der Waals surface area (Å²) < 4.78 is 95.2. The van der Waals surface area contributed by atoms with E-state index in [1.54, 1.807) is 17.9 Å². The number of carbonyl (C=O) groups excluding carboxylic acids is 2. The second kappa shape index (κ2) is 13.0. The van der Waals surface area contributed by atoms with E-state index < -0.39 is 47.4 Å². The zero-order valence-electron chi connectivity index (χ0n) is 25.1. The Hall–Kier alpha value is -3.06. The lowest BCUT2D eigenvalue weighted by Gasteiger charge is -2.48. The Morgan fingerprint density at radius 3 is 2.18 bits per heavy atom. The van der Waals surface area contributed by atoms with E-state index in [1.807, 2.05) is 4.90 Å². The van der Waals surface area contributed by atoms with Crippen molar-refractivity contribution >= 4 is 24.3 Å². The molecular formula is C31H36ClF7N4O2. The van der Waals surface area contributed by atoms with Crippen LogP contribution in [0.15, 0.2) is 36.4 Å². The topological polar surface area (TPSA) is 47.1 Å². The van der Waals surface area contributed by atoms with Gasteiger partial charge in [0.2, 0.25) is 5.91 Å². The minimum atomic E-state index is -5.01. The lowest BCUT2D eigenvalue weighted by Crippen LogP contribution is -2.57. The Bertz CT molecular complexity index is 1390. The molecule has 2 aromatic carbocycles. The summed E-state index contributed by atoms with van der Waals surface area (Å²) in [5, 5.41) is 0. The van der Waals surface area contributed by atoms with E-state index in [4.69, 9.17) is 0 Å². The summed E-state index contributed by atoms with van der Waals surface area (Å²) in [6.45, 7) is 5.43. The fourth-order valence-electron chi connectivity index (χ4n) is 6.85. The van der Waals surface area contributed by atoms with Crippen LogP contribution in [-0.4, -0.2) is 76.8 Å². The van der Waals surface area contributed by atoms with Gasteiger partial charge in [-0.1, -0.05) is 6.07 Å². The third kappa shape index (κ3) is 7.19. The van der Waals surface area contributed by atoms with Crippen LogP contribution in [0.2, 0.25) is 0 Å². The van der Waals surface area contributed by atoms with Gasteiger partial charge >= 0.3 is 18.4 Å². The summed E-state index contributed by atoms with van der Waals surface area (Å²) in [7, 11) is 1.36. The number of fused-ring (bicyclic) bond motifs is 1. The average Bonchev–Trinajstić information content (AvgIpc) is 3.34. The first-order valence-corrected chi connectivity index (χ1v) is 14.7. The number of hydrogen-bond donors (Lipinski definition) is 0. The van der Waals surface area contributed by atoms with Crippen molar-refractivity contribution in [1.29, 1.82) is 0 Å². The maximum atomic E-state index is 14.1. The van der Waals surface area contributed by atoms with Crippen LogP contribution in [0.1, 0.15) is 72.5 Å². The maximum absolute atomic E-state index is 14.1. The molecule has 0 saturated carbocycles. The number of halogens is 8. The van der Waals surface area contributed by atoms with E-state index in [2.05, 4.69) is 4.90 Å². The number of carbonyl (C=O) groups is 2. The summed E-state index contributed by atoms with van der Waals surface area (Å²) in [6, 6.07) is 3.68. The highest BCUT2D eigenvalue weighted by molar-refractivity contribution is 5.85. The first-order valence-electron chi connectivity index (χ1n) is 14.7.